The molecule has 0 spiro atoms. The number of carbonyl (C=O) groups excluding carboxylic acids is 1. The molecule has 2 rings (SSSR count). The Morgan fingerprint density at radius 2 is 1.91 bits per heavy atom. The average Bonchev–Trinajstić information content (AvgIpc) is 2.46. The molecular formula is C16H25N3O3S. The number of nitrogens with one attached hydrogen (secondary N) is 2. The second kappa shape index (κ2) is 7.31. The lowest BCUT2D eigenvalue weighted by Crippen LogP contribution is -2.47. The van der Waals surface area contributed by atoms with E-state index in [1.54, 1.807) is 4.90 Å². The van der Waals surface area contributed by atoms with E-state index < -0.39 is 10.0 Å². The molecule has 0 saturated carbocycles. The Kier molecular flexibility index (Phi) is 5.64. The molecule has 1 aliphatic rings. The van der Waals surface area contributed by atoms with E-state index in [0.717, 1.165) is 11.9 Å². The van der Waals surface area contributed by atoms with Crippen LogP contribution in [0, 0.1) is 0 Å². The van der Waals surface area contributed by atoms with Crippen molar-refractivity contribution in [3.05, 3.63) is 29.8 Å². The normalized spacial score (nSPS) is 16.6. The van der Waals surface area contributed by atoms with E-state index in [1.165, 1.54) is 5.56 Å². The largest absolute Gasteiger partial charge is 0.324 e. The van der Waals surface area contributed by atoms with Crippen LogP contribution in [0.5, 0.6) is 0 Å². The molecule has 1 heterocycles. The fourth-order valence-electron chi connectivity index (χ4n) is 2.68. The number of hydrogen-bond acceptors (Lipinski definition) is 3. The summed E-state index contributed by atoms with van der Waals surface area (Å²) < 4.78 is 25.1. The molecular weight excluding hydrogens is 314 g/mol. The van der Waals surface area contributed by atoms with E-state index in [2.05, 4.69) is 23.9 Å². The van der Waals surface area contributed by atoms with Gasteiger partial charge in [-0.05, 0) is 36.5 Å². The van der Waals surface area contributed by atoms with E-state index >= 15 is 0 Å². The summed E-state index contributed by atoms with van der Waals surface area (Å²) in [7, 11) is -3.19. The topological polar surface area (TPSA) is 78.5 Å². The van der Waals surface area contributed by atoms with Crippen molar-refractivity contribution >= 4 is 21.7 Å². The molecule has 0 bridgehead atoms. The van der Waals surface area contributed by atoms with Gasteiger partial charge in [0.2, 0.25) is 10.0 Å². The summed E-state index contributed by atoms with van der Waals surface area (Å²) in [6, 6.07) is 7.63. The average molecular weight is 339 g/mol. The Morgan fingerprint density at radius 1 is 1.26 bits per heavy atom. The molecule has 6 nitrogen and oxygen atoms in total. The predicted molar refractivity (Wildman–Crippen MR) is 92.1 cm³/mol. The lowest BCUT2D eigenvalue weighted by atomic mass is 10.0. The molecule has 1 aromatic rings. The summed E-state index contributed by atoms with van der Waals surface area (Å²) in [6.45, 7) is 5.31. The fraction of sp³-hybridized carbons (Fsp3) is 0.562. The third-order valence-electron chi connectivity index (χ3n) is 3.97. The number of rotatable bonds is 4. The van der Waals surface area contributed by atoms with Gasteiger partial charge in [0.25, 0.3) is 0 Å². The van der Waals surface area contributed by atoms with Gasteiger partial charge in [0.05, 0.1) is 6.26 Å². The zero-order chi connectivity index (χ0) is 17.0. The summed E-state index contributed by atoms with van der Waals surface area (Å²) in [5, 5.41) is 2.92. The number of anilines is 1. The van der Waals surface area contributed by atoms with Crippen molar-refractivity contribution in [1.29, 1.82) is 0 Å². The van der Waals surface area contributed by atoms with E-state index in [4.69, 9.17) is 0 Å². The second-order valence-corrected chi connectivity index (χ2v) is 8.14. The maximum atomic E-state index is 12.3. The third kappa shape index (κ3) is 5.51. The first-order chi connectivity index (χ1) is 10.7. The number of urea groups is 1. The Morgan fingerprint density at radius 3 is 2.48 bits per heavy atom. The molecule has 2 amide bonds. The number of nitrogens with zero attached hydrogens (tertiary/aromatic N) is 1. The summed E-state index contributed by atoms with van der Waals surface area (Å²) in [6.07, 6.45) is 2.42. The van der Waals surface area contributed by atoms with Gasteiger partial charge < -0.3 is 10.2 Å². The van der Waals surface area contributed by atoms with Crippen molar-refractivity contribution in [3.63, 3.8) is 0 Å². The van der Waals surface area contributed by atoms with Crippen LogP contribution in [0.4, 0.5) is 10.5 Å². The third-order valence-corrected chi connectivity index (χ3v) is 4.73. The number of amides is 2. The SMILES string of the molecule is CC(C)c1cccc(NC(=O)N2CCC(NS(C)(=O)=O)CC2)c1. The minimum absolute atomic E-state index is 0.0849. The highest BCUT2D eigenvalue weighted by atomic mass is 32.2. The van der Waals surface area contributed by atoms with Gasteiger partial charge in [-0.1, -0.05) is 26.0 Å². The van der Waals surface area contributed by atoms with Crippen LogP contribution in [0.2, 0.25) is 0 Å². The highest BCUT2D eigenvalue weighted by molar-refractivity contribution is 7.88. The van der Waals surface area contributed by atoms with Crippen molar-refractivity contribution in [1.82, 2.24) is 9.62 Å². The number of piperidine rings is 1. The van der Waals surface area contributed by atoms with Gasteiger partial charge in [0, 0.05) is 24.8 Å². The maximum absolute atomic E-state index is 12.3. The highest BCUT2D eigenvalue weighted by Crippen LogP contribution is 2.19. The van der Waals surface area contributed by atoms with Crippen LogP contribution in [0.1, 0.15) is 38.2 Å². The summed E-state index contributed by atoms with van der Waals surface area (Å²) in [5.41, 5.74) is 1.97. The Bertz CT molecular complexity index is 650. The molecule has 0 radical (unpaired) electrons. The van der Waals surface area contributed by atoms with Gasteiger partial charge in [0.1, 0.15) is 0 Å². The lowest BCUT2D eigenvalue weighted by molar-refractivity contribution is 0.193. The van der Waals surface area contributed by atoms with Gasteiger partial charge in [-0.15, -0.1) is 0 Å². The van der Waals surface area contributed by atoms with Crippen molar-refractivity contribution in [3.8, 4) is 0 Å². The van der Waals surface area contributed by atoms with Crippen molar-refractivity contribution < 1.29 is 13.2 Å². The Balaban J connectivity index is 1.89. The van der Waals surface area contributed by atoms with Crippen LogP contribution in [0.25, 0.3) is 0 Å². The standard InChI is InChI=1S/C16H25N3O3S/c1-12(2)13-5-4-6-15(11-13)17-16(20)19-9-7-14(8-10-19)18-23(3,21)22/h4-6,11-12,14,18H,7-10H2,1-3H3,(H,17,20). The zero-order valence-corrected chi connectivity index (χ0v) is 14.7. The number of sulfonamides is 1. The molecule has 1 saturated heterocycles. The maximum Gasteiger partial charge on any atom is 0.321 e. The first-order valence-electron chi connectivity index (χ1n) is 7.88. The van der Waals surface area contributed by atoms with E-state index in [1.807, 2.05) is 24.3 Å². The second-order valence-electron chi connectivity index (χ2n) is 6.36. The zero-order valence-electron chi connectivity index (χ0n) is 13.9. The predicted octanol–water partition coefficient (Wildman–Crippen LogP) is 2.36. The molecule has 23 heavy (non-hydrogen) atoms. The highest BCUT2D eigenvalue weighted by Gasteiger charge is 2.24. The van der Waals surface area contributed by atoms with Gasteiger partial charge in [-0.25, -0.2) is 17.9 Å². The molecule has 7 heteroatoms. The molecule has 0 aromatic heterocycles. The molecule has 0 atom stereocenters. The van der Waals surface area contributed by atoms with E-state index in [0.29, 0.717) is 31.8 Å². The molecule has 2 N–H and O–H groups in total. The monoisotopic (exact) mass is 339 g/mol. The molecule has 0 aliphatic carbocycles. The van der Waals surface area contributed by atoms with Gasteiger partial charge in [-0.2, -0.15) is 0 Å². The smallest absolute Gasteiger partial charge is 0.321 e. The van der Waals surface area contributed by atoms with Crippen LogP contribution in [-0.2, 0) is 10.0 Å². The minimum atomic E-state index is -3.19. The minimum Gasteiger partial charge on any atom is -0.324 e. The molecule has 1 fully saturated rings. The fourth-order valence-corrected chi connectivity index (χ4v) is 3.52. The van der Waals surface area contributed by atoms with Crippen LogP contribution >= 0.6 is 0 Å². The van der Waals surface area contributed by atoms with E-state index in [-0.39, 0.29) is 12.1 Å². The van der Waals surface area contributed by atoms with Crippen LogP contribution in [0.15, 0.2) is 24.3 Å². The van der Waals surface area contributed by atoms with Crippen molar-refractivity contribution in [2.45, 2.75) is 38.6 Å². The molecule has 128 valence electrons. The first kappa shape index (κ1) is 17.7. The summed E-state index contributed by atoms with van der Waals surface area (Å²) in [4.78, 5) is 14.0. The Labute approximate surface area is 138 Å². The Hall–Kier alpha value is -1.60. The number of benzene rings is 1. The van der Waals surface area contributed by atoms with Gasteiger partial charge in [-0.3, -0.25) is 0 Å². The summed E-state index contributed by atoms with van der Waals surface area (Å²) in [5.74, 6) is 0.407. The number of carbonyl (C=O) groups is 1. The molecule has 1 aliphatic heterocycles. The van der Waals surface area contributed by atoms with E-state index in [9.17, 15) is 13.2 Å². The molecule has 1 aromatic carbocycles. The van der Waals surface area contributed by atoms with Crippen LogP contribution in [0.3, 0.4) is 0 Å². The van der Waals surface area contributed by atoms with Crippen LogP contribution in [-0.4, -0.2) is 44.7 Å². The molecule has 0 unspecified atom stereocenters. The number of likely N-dealkylation sites (tertiary alicyclic amines) is 1. The van der Waals surface area contributed by atoms with Crippen molar-refractivity contribution in [2.24, 2.45) is 0 Å². The first-order valence-corrected chi connectivity index (χ1v) is 9.77. The number of hydrogen-bond donors (Lipinski definition) is 2. The quantitative estimate of drug-likeness (QED) is 0.884. The van der Waals surface area contributed by atoms with Gasteiger partial charge in [0.15, 0.2) is 0 Å². The van der Waals surface area contributed by atoms with Crippen LogP contribution < -0.4 is 10.0 Å². The van der Waals surface area contributed by atoms with Crippen molar-refractivity contribution in [2.75, 3.05) is 24.7 Å². The van der Waals surface area contributed by atoms with Gasteiger partial charge >= 0.3 is 6.03 Å². The summed E-state index contributed by atoms with van der Waals surface area (Å²) >= 11 is 0. The lowest BCUT2D eigenvalue weighted by Gasteiger charge is -2.32.